The van der Waals surface area contributed by atoms with Gasteiger partial charge in [-0.1, -0.05) is 19.9 Å². The number of cyclic esters (lactones) is 1. The molecule has 0 radical (unpaired) electrons. The SMILES string of the molecule is CC1(C)COC(=O)N[C@@H]1c1ccc2c(c1)OC(F)(F)O2.Cl. The van der Waals surface area contributed by atoms with Crippen LogP contribution in [-0.4, -0.2) is 19.0 Å². The molecule has 0 aliphatic carbocycles. The first-order valence-electron chi connectivity index (χ1n) is 6.10. The van der Waals surface area contributed by atoms with Gasteiger partial charge in [0.1, 0.15) is 6.61 Å². The lowest BCUT2D eigenvalue weighted by Crippen LogP contribution is -2.46. The molecule has 8 heteroatoms. The van der Waals surface area contributed by atoms with Crippen LogP contribution in [0.1, 0.15) is 25.5 Å². The number of alkyl carbamates (subject to hydrolysis) is 1. The van der Waals surface area contributed by atoms with E-state index in [0.29, 0.717) is 5.56 Å². The number of rotatable bonds is 1. The Kier molecular flexibility index (Phi) is 3.65. The van der Waals surface area contributed by atoms with E-state index < -0.39 is 12.4 Å². The zero-order valence-electron chi connectivity index (χ0n) is 11.3. The summed E-state index contributed by atoms with van der Waals surface area (Å²) in [6.07, 6.45) is -4.17. The van der Waals surface area contributed by atoms with Gasteiger partial charge in [0.2, 0.25) is 0 Å². The number of hydrogen-bond acceptors (Lipinski definition) is 4. The quantitative estimate of drug-likeness (QED) is 0.862. The summed E-state index contributed by atoms with van der Waals surface area (Å²) in [5, 5.41) is 2.69. The van der Waals surface area contributed by atoms with Gasteiger partial charge < -0.3 is 19.5 Å². The maximum atomic E-state index is 13.0. The molecule has 0 unspecified atom stereocenters. The predicted molar refractivity (Wildman–Crippen MR) is 70.9 cm³/mol. The molecule has 2 heterocycles. The summed E-state index contributed by atoms with van der Waals surface area (Å²) in [5.41, 5.74) is 0.288. The highest BCUT2D eigenvalue weighted by Crippen LogP contribution is 2.44. The molecule has 1 fully saturated rings. The van der Waals surface area contributed by atoms with E-state index in [4.69, 9.17) is 4.74 Å². The van der Waals surface area contributed by atoms with Crippen molar-refractivity contribution in [2.45, 2.75) is 26.2 Å². The van der Waals surface area contributed by atoms with Crippen molar-refractivity contribution < 1.29 is 27.8 Å². The number of carbonyl (C=O) groups excluding carboxylic acids is 1. The Labute approximate surface area is 126 Å². The molecule has 0 saturated carbocycles. The van der Waals surface area contributed by atoms with E-state index in [0.717, 1.165) is 0 Å². The molecule has 21 heavy (non-hydrogen) atoms. The summed E-state index contributed by atoms with van der Waals surface area (Å²) >= 11 is 0. The van der Waals surface area contributed by atoms with Crippen molar-refractivity contribution in [3.8, 4) is 11.5 Å². The summed E-state index contributed by atoms with van der Waals surface area (Å²) in [7, 11) is 0. The lowest BCUT2D eigenvalue weighted by atomic mass is 9.80. The molecule has 1 atom stereocenters. The zero-order valence-corrected chi connectivity index (χ0v) is 12.1. The van der Waals surface area contributed by atoms with Gasteiger partial charge in [-0.05, 0) is 17.7 Å². The van der Waals surface area contributed by atoms with Gasteiger partial charge in [0.15, 0.2) is 11.5 Å². The number of alkyl halides is 2. The smallest absolute Gasteiger partial charge is 0.449 e. The minimum Gasteiger partial charge on any atom is -0.449 e. The molecular formula is C13H14ClF2NO4. The minimum absolute atomic E-state index is 0. The van der Waals surface area contributed by atoms with E-state index in [1.165, 1.54) is 12.1 Å². The fourth-order valence-corrected chi connectivity index (χ4v) is 2.37. The second-order valence-corrected chi connectivity index (χ2v) is 5.52. The highest BCUT2D eigenvalue weighted by molar-refractivity contribution is 5.85. The van der Waals surface area contributed by atoms with Crippen molar-refractivity contribution in [3.05, 3.63) is 23.8 Å². The van der Waals surface area contributed by atoms with E-state index in [1.807, 2.05) is 13.8 Å². The third-order valence-electron chi connectivity index (χ3n) is 3.38. The average molecular weight is 322 g/mol. The fraction of sp³-hybridized carbons (Fsp3) is 0.462. The van der Waals surface area contributed by atoms with Gasteiger partial charge in [0, 0.05) is 5.41 Å². The Balaban J connectivity index is 0.00000161. The number of benzene rings is 1. The monoisotopic (exact) mass is 321 g/mol. The number of amides is 1. The Bertz CT molecular complexity index is 579. The van der Waals surface area contributed by atoms with Crippen molar-refractivity contribution in [2.24, 2.45) is 5.41 Å². The molecule has 1 amide bonds. The van der Waals surface area contributed by atoms with Gasteiger partial charge in [0.05, 0.1) is 6.04 Å². The van der Waals surface area contributed by atoms with Gasteiger partial charge in [0.25, 0.3) is 0 Å². The third kappa shape index (κ3) is 2.83. The number of halogens is 3. The molecule has 0 bridgehead atoms. The van der Waals surface area contributed by atoms with Crippen LogP contribution < -0.4 is 14.8 Å². The van der Waals surface area contributed by atoms with Crippen LogP contribution in [0.15, 0.2) is 18.2 Å². The van der Waals surface area contributed by atoms with Gasteiger partial charge >= 0.3 is 12.4 Å². The van der Waals surface area contributed by atoms with Crippen LogP contribution in [0.2, 0.25) is 0 Å². The first-order valence-corrected chi connectivity index (χ1v) is 6.10. The van der Waals surface area contributed by atoms with Gasteiger partial charge in [-0.3, -0.25) is 0 Å². The van der Waals surface area contributed by atoms with E-state index in [1.54, 1.807) is 6.07 Å². The molecule has 1 saturated heterocycles. The van der Waals surface area contributed by atoms with Crippen molar-refractivity contribution in [1.29, 1.82) is 0 Å². The van der Waals surface area contributed by atoms with Crippen molar-refractivity contribution >= 4 is 18.5 Å². The maximum absolute atomic E-state index is 13.0. The Morgan fingerprint density at radius 1 is 1.24 bits per heavy atom. The van der Waals surface area contributed by atoms with Gasteiger partial charge in [-0.2, -0.15) is 0 Å². The Morgan fingerprint density at radius 3 is 2.62 bits per heavy atom. The van der Waals surface area contributed by atoms with Crippen LogP contribution in [0.4, 0.5) is 13.6 Å². The number of fused-ring (bicyclic) bond motifs is 1. The third-order valence-corrected chi connectivity index (χ3v) is 3.38. The summed E-state index contributed by atoms with van der Waals surface area (Å²) < 4.78 is 39.7. The molecule has 2 aliphatic rings. The lowest BCUT2D eigenvalue weighted by Gasteiger charge is -2.38. The number of ether oxygens (including phenoxy) is 3. The highest BCUT2D eigenvalue weighted by Gasteiger charge is 2.44. The lowest BCUT2D eigenvalue weighted by molar-refractivity contribution is -0.286. The first-order chi connectivity index (χ1) is 9.27. The van der Waals surface area contributed by atoms with E-state index >= 15 is 0 Å². The van der Waals surface area contributed by atoms with Crippen LogP contribution >= 0.6 is 12.4 Å². The van der Waals surface area contributed by atoms with Crippen LogP contribution in [-0.2, 0) is 4.74 Å². The largest absolute Gasteiger partial charge is 0.586 e. The Morgan fingerprint density at radius 2 is 1.90 bits per heavy atom. The van der Waals surface area contributed by atoms with Crippen molar-refractivity contribution in [1.82, 2.24) is 5.32 Å². The number of carbonyl (C=O) groups is 1. The molecular weight excluding hydrogens is 308 g/mol. The first kappa shape index (κ1) is 15.6. The molecule has 5 nitrogen and oxygen atoms in total. The topological polar surface area (TPSA) is 56.8 Å². The van der Waals surface area contributed by atoms with E-state index in [9.17, 15) is 13.6 Å². The average Bonchev–Trinajstić information content (AvgIpc) is 2.65. The molecule has 1 aromatic carbocycles. The molecule has 0 aromatic heterocycles. The molecule has 0 spiro atoms. The molecule has 3 rings (SSSR count). The molecule has 1 N–H and O–H groups in total. The predicted octanol–water partition coefficient (Wildman–Crippen LogP) is 3.24. The molecule has 2 aliphatic heterocycles. The van der Waals surface area contributed by atoms with Crippen LogP contribution in [0, 0.1) is 5.41 Å². The van der Waals surface area contributed by atoms with Crippen molar-refractivity contribution in [2.75, 3.05) is 6.61 Å². The summed E-state index contributed by atoms with van der Waals surface area (Å²) in [6.45, 7) is 4.07. The molecule has 1 aromatic rings. The Hall–Kier alpha value is -1.76. The summed E-state index contributed by atoms with van der Waals surface area (Å²) in [5.74, 6) is -0.0565. The second-order valence-electron chi connectivity index (χ2n) is 5.52. The van der Waals surface area contributed by atoms with Gasteiger partial charge in [-0.25, -0.2) is 4.79 Å². The number of nitrogens with one attached hydrogen (secondary N) is 1. The number of hydrogen-bond donors (Lipinski definition) is 1. The van der Waals surface area contributed by atoms with E-state index in [2.05, 4.69) is 14.8 Å². The second kappa shape index (κ2) is 4.91. The zero-order chi connectivity index (χ0) is 14.5. The fourth-order valence-electron chi connectivity index (χ4n) is 2.37. The minimum atomic E-state index is -3.64. The highest BCUT2D eigenvalue weighted by atomic mass is 35.5. The van der Waals surface area contributed by atoms with Crippen LogP contribution in [0.3, 0.4) is 0 Å². The standard InChI is InChI=1S/C13H13F2NO4.ClH/c1-12(2)6-18-11(17)16-10(12)7-3-4-8-9(5-7)20-13(14,15)19-8;/h3-5,10H,6H2,1-2H3,(H,16,17);1H/t10-;/m1./s1. The van der Waals surface area contributed by atoms with Crippen molar-refractivity contribution in [3.63, 3.8) is 0 Å². The van der Waals surface area contributed by atoms with Crippen LogP contribution in [0.5, 0.6) is 11.5 Å². The van der Waals surface area contributed by atoms with Crippen LogP contribution in [0.25, 0.3) is 0 Å². The summed E-state index contributed by atoms with van der Waals surface area (Å²) in [6, 6.07) is 4.13. The van der Waals surface area contributed by atoms with Gasteiger partial charge in [-0.15, -0.1) is 21.2 Å². The van der Waals surface area contributed by atoms with E-state index in [-0.39, 0.29) is 42.0 Å². The molecule has 116 valence electrons. The summed E-state index contributed by atoms with van der Waals surface area (Å²) in [4.78, 5) is 11.4. The normalized spacial score (nSPS) is 24.6. The maximum Gasteiger partial charge on any atom is 0.586 e.